The summed E-state index contributed by atoms with van der Waals surface area (Å²) in [5.74, 6) is 0.246. The summed E-state index contributed by atoms with van der Waals surface area (Å²) in [7, 11) is 3.80. The van der Waals surface area contributed by atoms with Crippen LogP contribution < -0.4 is 15.5 Å². The van der Waals surface area contributed by atoms with Crippen LogP contribution in [-0.2, 0) is 0 Å². The first-order valence-electron chi connectivity index (χ1n) is 7.00. The third-order valence-corrected chi connectivity index (χ3v) is 3.49. The molecule has 3 N–H and O–H groups in total. The van der Waals surface area contributed by atoms with E-state index in [1.54, 1.807) is 12.1 Å². The maximum atomic E-state index is 12.1. The van der Waals surface area contributed by atoms with E-state index in [2.05, 4.69) is 10.6 Å². The summed E-state index contributed by atoms with van der Waals surface area (Å²) in [5.41, 5.74) is 1.52. The summed E-state index contributed by atoms with van der Waals surface area (Å²) in [6, 6.07) is 4.98. The van der Waals surface area contributed by atoms with Gasteiger partial charge in [0.25, 0.3) is 0 Å². The molecule has 2 amide bonds. The maximum absolute atomic E-state index is 12.1. The molecule has 0 heterocycles. The van der Waals surface area contributed by atoms with Crippen molar-refractivity contribution in [2.75, 3.05) is 30.9 Å². The maximum Gasteiger partial charge on any atom is 0.319 e. The molecule has 0 fully saturated rings. The lowest BCUT2D eigenvalue weighted by Crippen LogP contribution is -2.41. The Morgan fingerprint density at radius 2 is 2.05 bits per heavy atom. The molecular weight excluding hydrogens is 290 g/mol. The Kier molecular flexibility index (Phi) is 6.78. The van der Waals surface area contributed by atoms with Crippen LogP contribution in [0.3, 0.4) is 0 Å². The van der Waals surface area contributed by atoms with Gasteiger partial charge in [-0.2, -0.15) is 0 Å². The average Bonchev–Trinajstić information content (AvgIpc) is 2.37. The number of anilines is 2. The molecule has 1 unspecified atom stereocenters. The van der Waals surface area contributed by atoms with Crippen LogP contribution in [0.1, 0.15) is 20.3 Å². The number of hydrogen-bond donors (Lipinski definition) is 3. The number of benzene rings is 1. The van der Waals surface area contributed by atoms with Crippen molar-refractivity contribution >= 4 is 29.0 Å². The van der Waals surface area contributed by atoms with Gasteiger partial charge in [0, 0.05) is 31.8 Å². The number of urea groups is 1. The van der Waals surface area contributed by atoms with Gasteiger partial charge in [0.2, 0.25) is 0 Å². The largest absolute Gasteiger partial charge is 0.396 e. The summed E-state index contributed by atoms with van der Waals surface area (Å²) >= 11 is 5.99. The Bertz CT molecular complexity index is 478. The fraction of sp³-hybridized carbons (Fsp3) is 0.533. The fourth-order valence-corrected chi connectivity index (χ4v) is 2.21. The van der Waals surface area contributed by atoms with Crippen molar-refractivity contribution in [1.29, 1.82) is 0 Å². The van der Waals surface area contributed by atoms with Gasteiger partial charge in [-0.15, -0.1) is 0 Å². The zero-order chi connectivity index (χ0) is 16.0. The lowest BCUT2D eigenvalue weighted by atomic mass is 10.0. The molecule has 1 aromatic carbocycles. The minimum Gasteiger partial charge on any atom is -0.396 e. The lowest BCUT2D eigenvalue weighted by molar-refractivity contribution is 0.227. The van der Waals surface area contributed by atoms with Crippen LogP contribution in [0.5, 0.6) is 0 Å². The van der Waals surface area contributed by atoms with Gasteiger partial charge in [-0.05, 0) is 30.5 Å². The van der Waals surface area contributed by atoms with Crippen LogP contribution in [-0.4, -0.2) is 37.9 Å². The predicted molar refractivity (Wildman–Crippen MR) is 88.3 cm³/mol. The molecule has 21 heavy (non-hydrogen) atoms. The number of aliphatic hydroxyl groups excluding tert-OH is 1. The normalized spacial score (nSPS) is 12.1. The third kappa shape index (κ3) is 5.44. The average molecular weight is 314 g/mol. The standard InChI is InChI=1S/C15H24ClN3O2/c1-10(2)12(7-8-20)17-15(21)18-13-9-11(16)5-6-14(13)19(3)4/h5-6,9-10,12,20H,7-8H2,1-4H3,(H2,17,18,21). The molecule has 0 aliphatic carbocycles. The molecule has 1 atom stereocenters. The van der Waals surface area contributed by atoms with Crippen molar-refractivity contribution in [3.63, 3.8) is 0 Å². The van der Waals surface area contributed by atoms with Crippen molar-refractivity contribution in [2.45, 2.75) is 26.3 Å². The molecule has 0 saturated heterocycles. The van der Waals surface area contributed by atoms with E-state index >= 15 is 0 Å². The number of nitrogens with one attached hydrogen (secondary N) is 2. The van der Waals surface area contributed by atoms with Gasteiger partial charge in [0.15, 0.2) is 0 Å². The second-order valence-corrected chi connectivity index (χ2v) is 5.95. The molecule has 5 nitrogen and oxygen atoms in total. The number of hydrogen-bond acceptors (Lipinski definition) is 3. The van der Waals surface area contributed by atoms with Crippen LogP contribution in [0, 0.1) is 5.92 Å². The molecule has 0 spiro atoms. The number of halogens is 1. The number of carbonyl (C=O) groups is 1. The molecule has 0 radical (unpaired) electrons. The van der Waals surface area contributed by atoms with E-state index in [9.17, 15) is 4.79 Å². The molecule has 0 aliphatic heterocycles. The van der Waals surface area contributed by atoms with E-state index in [0.717, 1.165) is 5.69 Å². The summed E-state index contributed by atoms with van der Waals surface area (Å²) < 4.78 is 0. The third-order valence-electron chi connectivity index (χ3n) is 3.25. The van der Waals surface area contributed by atoms with Crippen molar-refractivity contribution in [2.24, 2.45) is 5.92 Å². The van der Waals surface area contributed by atoms with Crippen LogP contribution in [0.4, 0.5) is 16.2 Å². The minimum absolute atomic E-state index is 0.0449. The Labute approximate surface area is 131 Å². The quantitative estimate of drug-likeness (QED) is 0.756. The van der Waals surface area contributed by atoms with E-state index < -0.39 is 0 Å². The number of aliphatic hydroxyl groups is 1. The number of rotatable bonds is 6. The minimum atomic E-state index is -0.299. The molecule has 0 saturated carbocycles. The number of amides is 2. The molecule has 118 valence electrons. The van der Waals surface area contributed by atoms with E-state index in [-0.39, 0.29) is 24.6 Å². The topological polar surface area (TPSA) is 64.6 Å². The molecule has 6 heteroatoms. The van der Waals surface area contributed by atoms with Crippen molar-refractivity contribution in [1.82, 2.24) is 5.32 Å². The van der Waals surface area contributed by atoms with Crippen LogP contribution in [0.2, 0.25) is 5.02 Å². The zero-order valence-corrected chi connectivity index (χ0v) is 13.7. The molecule has 0 bridgehead atoms. The summed E-state index contributed by atoms with van der Waals surface area (Å²) in [5, 5.41) is 15.3. The SMILES string of the molecule is CC(C)C(CCO)NC(=O)Nc1cc(Cl)ccc1N(C)C. The van der Waals surface area contributed by atoms with E-state index in [1.807, 2.05) is 38.9 Å². The summed E-state index contributed by atoms with van der Waals surface area (Å²) in [4.78, 5) is 14.0. The van der Waals surface area contributed by atoms with Crippen LogP contribution in [0.15, 0.2) is 18.2 Å². The predicted octanol–water partition coefficient (Wildman–Crippen LogP) is 2.93. The number of carbonyl (C=O) groups excluding carboxylic acids is 1. The Morgan fingerprint density at radius 1 is 1.38 bits per heavy atom. The molecular formula is C15H24ClN3O2. The van der Waals surface area contributed by atoms with Crippen molar-refractivity contribution < 1.29 is 9.90 Å². The summed E-state index contributed by atoms with van der Waals surface area (Å²) in [6.07, 6.45) is 0.529. The smallest absolute Gasteiger partial charge is 0.319 e. The van der Waals surface area contributed by atoms with Gasteiger partial charge < -0.3 is 20.6 Å². The molecule has 1 aromatic rings. The van der Waals surface area contributed by atoms with Crippen LogP contribution >= 0.6 is 11.6 Å². The highest BCUT2D eigenvalue weighted by atomic mass is 35.5. The Morgan fingerprint density at radius 3 is 2.57 bits per heavy atom. The second-order valence-electron chi connectivity index (χ2n) is 5.52. The van der Waals surface area contributed by atoms with Gasteiger partial charge >= 0.3 is 6.03 Å². The zero-order valence-electron chi connectivity index (χ0n) is 13.0. The lowest BCUT2D eigenvalue weighted by Gasteiger charge is -2.23. The van der Waals surface area contributed by atoms with Crippen LogP contribution in [0.25, 0.3) is 0 Å². The molecule has 0 aromatic heterocycles. The van der Waals surface area contributed by atoms with E-state index in [1.165, 1.54) is 0 Å². The molecule has 1 rings (SSSR count). The molecule has 0 aliphatic rings. The number of nitrogens with zero attached hydrogens (tertiary/aromatic N) is 1. The van der Waals surface area contributed by atoms with Crippen molar-refractivity contribution in [3.05, 3.63) is 23.2 Å². The second kappa shape index (κ2) is 8.10. The van der Waals surface area contributed by atoms with Crippen molar-refractivity contribution in [3.8, 4) is 0 Å². The van der Waals surface area contributed by atoms with E-state index in [4.69, 9.17) is 16.7 Å². The highest BCUT2D eigenvalue weighted by Crippen LogP contribution is 2.27. The highest BCUT2D eigenvalue weighted by Gasteiger charge is 2.16. The van der Waals surface area contributed by atoms with Gasteiger partial charge in [-0.1, -0.05) is 25.4 Å². The monoisotopic (exact) mass is 313 g/mol. The van der Waals surface area contributed by atoms with Gasteiger partial charge in [-0.25, -0.2) is 4.79 Å². The Hall–Kier alpha value is -1.46. The fourth-order valence-electron chi connectivity index (χ4n) is 2.04. The highest BCUT2D eigenvalue weighted by molar-refractivity contribution is 6.31. The van der Waals surface area contributed by atoms with Gasteiger partial charge in [0.1, 0.15) is 0 Å². The van der Waals surface area contributed by atoms with E-state index in [0.29, 0.717) is 17.1 Å². The first-order valence-corrected chi connectivity index (χ1v) is 7.38. The van der Waals surface area contributed by atoms with Gasteiger partial charge in [-0.3, -0.25) is 0 Å². The first-order chi connectivity index (χ1) is 9.85. The van der Waals surface area contributed by atoms with Gasteiger partial charge in [0.05, 0.1) is 11.4 Å². The summed E-state index contributed by atoms with van der Waals surface area (Å²) in [6.45, 7) is 4.06. The Balaban J connectivity index is 2.80. The first kappa shape index (κ1) is 17.6.